The molecule has 2 aromatic rings. The minimum atomic E-state index is 0.0417. The second kappa shape index (κ2) is 11.4. The Labute approximate surface area is 206 Å². The average Bonchev–Trinajstić information content (AvgIpc) is 3.31. The Morgan fingerprint density at radius 2 is 1.91 bits per heavy atom. The molecule has 0 atom stereocenters. The van der Waals surface area contributed by atoms with E-state index in [-0.39, 0.29) is 23.5 Å². The second-order valence-electron chi connectivity index (χ2n) is 9.90. The normalized spacial score (nSPS) is 16.7. The van der Waals surface area contributed by atoms with Gasteiger partial charge in [-0.2, -0.15) is 4.98 Å². The molecule has 10 nitrogen and oxygen atoms in total. The van der Waals surface area contributed by atoms with Crippen LogP contribution in [0.4, 0.5) is 5.69 Å². The fourth-order valence-electron chi connectivity index (χ4n) is 3.76. The monoisotopic (exact) mass is 484 g/mol. The van der Waals surface area contributed by atoms with Gasteiger partial charge in [0.1, 0.15) is 0 Å². The molecule has 2 fully saturated rings. The average molecular weight is 485 g/mol. The number of nitrogens with zero attached hydrogens (tertiary/aromatic N) is 4. The van der Waals surface area contributed by atoms with Crippen molar-refractivity contribution in [3.63, 3.8) is 0 Å². The highest BCUT2D eigenvalue weighted by molar-refractivity contribution is 5.88. The van der Waals surface area contributed by atoms with E-state index < -0.39 is 0 Å². The molecule has 0 radical (unpaired) electrons. The fraction of sp³-hybridized carbons (Fsp3) is 0.560. The summed E-state index contributed by atoms with van der Waals surface area (Å²) in [6.07, 6.45) is 3.81. The molecule has 190 valence electrons. The van der Waals surface area contributed by atoms with Crippen molar-refractivity contribution in [2.45, 2.75) is 58.1 Å². The van der Waals surface area contributed by atoms with Crippen molar-refractivity contribution in [2.24, 2.45) is 0 Å². The molecule has 2 saturated heterocycles. The number of nitrogens with one attached hydrogen (secondary N) is 2. The standard InChI is InChI=1S/C20H24N6O3.C5H12O/c1-13(28)26-10-17(11-26)22-18-8-15(2-3-16(18)9-21)19-23-20(29-24-19)14-4-6-25(12-27)7-5-14;1-5(2,3)6-4/h2-3,8-9,12,14,17,21-22H,4-7,10-11H2,1H3;1-4H3. The zero-order valence-electron chi connectivity index (χ0n) is 21.2. The number of benzene rings is 1. The van der Waals surface area contributed by atoms with Gasteiger partial charge in [0, 0.05) is 69.2 Å². The third-order valence-electron chi connectivity index (χ3n) is 6.24. The fourth-order valence-corrected chi connectivity index (χ4v) is 3.76. The predicted octanol–water partition coefficient (Wildman–Crippen LogP) is 3.14. The van der Waals surface area contributed by atoms with E-state index in [4.69, 9.17) is 14.7 Å². The highest BCUT2D eigenvalue weighted by Gasteiger charge is 2.29. The van der Waals surface area contributed by atoms with Crippen LogP contribution in [0.3, 0.4) is 0 Å². The Kier molecular flexibility index (Phi) is 8.61. The molecule has 2 amide bonds. The van der Waals surface area contributed by atoms with Crippen molar-refractivity contribution in [3.05, 3.63) is 29.7 Å². The third-order valence-corrected chi connectivity index (χ3v) is 6.24. The van der Waals surface area contributed by atoms with Gasteiger partial charge in [0.15, 0.2) is 0 Å². The van der Waals surface area contributed by atoms with Crippen molar-refractivity contribution in [3.8, 4) is 11.4 Å². The zero-order chi connectivity index (χ0) is 25.6. The van der Waals surface area contributed by atoms with Gasteiger partial charge >= 0.3 is 0 Å². The van der Waals surface area contributed by atoms with E-state index in [0.717, 1.165) is 36.1 Å². The number of hydrogen-bond donors (Lipinski definition) is 2. The van der Waals surface area contributed by atoms with Crippen molar-refractivity contribution >= 4 is 24.2 Å². The van der Waals surface area contributed by atoms with Gasteiger partial charge in [-0.25, -0.2) is 0 Å². The van der Waals surface area contributed by atoms with E-state index in [1.165, 1.54) is 6.21 Å². The summed E-state index contributed by atoms with van der Waals surface area (Å²) in [7, 11) is 1.71. The molecule has 2 N–H and O–H groups in total. The second-order valence-corrected chi connectivity index (χ2v) is 9.90. The van der Waals surface area contributed by atoms with Crippen LogP contribution in [0.1, 0.15) is 57.9 Å². The van der Waals surface area contributed by atoms with Gasteiger partial charge in [0.2, 0.25) is 24.0 Å². The van der Waals surface area contributed by atoms with Crippen molar-refractivity contribution < 1.29 is 18.8 Å². The van der Waals surface area contributed by atoms with E-state index in [1.807, 2.05) is 39.0 Å². The molecular formula is C25H36N6O4. The number of anilines is 1. The quantitative estimate of drug-likeness (QED) is 0.477. The topological polar surface area (TPSA) is 125 Å². The molecule has 0 unspecified atom stereocenters. The number of methoxy groups -OCH3 is 1. The first-order valence-corrected chi connectivity index (χ1v) is 11.9. The lowest BCUT2D eigenvalue weighted by Crippen LogP contribution is -2.56. The summed E-state index contributed by atoms with van der Waals surface area (Å²) in [6, 6.07) is 5.81. The Morgan fingerprint density at radius 3 is 2.46 bits per heavy atom. The van der Waals surface area contributed by atoms with Crippen LogP contribution in [0.25, 0.3) is 11.4 Å². The maximum atomic E-state index is 11.4. The highest BCUT2D eigenvalue weighted by Crippen LogP contribution is 2.30. The number of rotatable bonds is 6. The van der Waals surface area contributed by atoms with Crippen LogP contribution in [-0.4, -0.2) is 83.4 Å². The van der Waals surface area contributed by atoms with E-state index in [2.05, 4.69) is 15.5 Å². The van der Waals surface area contributed by atoms with Crippen molar-refractivity contribution in [1.29, 1.82) is 5.41 Å². The first-order valence-electron chi connectivity index (χ1n) is 11.9. The van der Waals surface area contributed by atoms with Gasteiger partial charge in [-0.15, -0.1) is 0 Å². The Bertz CT molecular complexity index is 1020. The number of amides is 2. The summed E-state index contributed by atoms with van der Waals surface area (Å²) in [6.45, 7) is 10.3. The third kappa shape index (κ3) is 7.11. The zero-order valence-corrected chi connectivity index (χ0v) is 21.2. The molecule has 2 aliphatic rings. The lowest BCUT2D eigenvalue weighted by atomic mass is 9.97. The van der Waals surface area contributed by atoms with Crippen LogP contribution in [0.2, 0.25) is 0 Å². The van der Waals surface area contributed by atoms with Crippen LogP contribution >= 0.6 is 0 Å². The number of carbonyl (C=O) groups excluding carboxylic acids is 2. The van der Waals surface area contributed by atoms with Gasteiger partial charge in [0.05, 0.1) is 11.6 Å². The number of carbonyl (C=O) groups is 2. The van der Waals surface area contributed by atoms with Crippen molar-refractivity contribution in [1.82, 2.24) is 19.9 Å². The van der Waals surface area contributed by atoms with Gasteiger partial charge in [0.25, 0.3) is 0 Å². The molecule has 1 aromatic heterocycles. The summed E-state index contributed by atoms with van der Waals surface area (Å²) in [4.78, 5) is 30.3. The minimum Gasteiger partial charge on any atom is -0.379 e. The summed E-state index contributed by atoms with van der Waals surface area (Å²) in [5, 5.41) is 15.2. The molecule has 10 heteroatoms. The largest absolute Gasteiger partial charge is 0.379 e. The molecule has 4 rings (SSSR count). The number of ether oxygens (including phenoxy) is 1. The predicted molar refractivity (Wildman–Crippen MR) is 134 cm³/mol. The van der Waals surface area contributed by atoms with Crippen LogP contribution in [0.5, 0.6) is 0 Å². The molecule has 35 heavy (non-hydrogen) atoms. The number of hydrogen-bond acceptors (Lipinski definition) is 8. The molecular weight excluding hydrogens is 448 g/mol. The van der Waals surface area contributed by atoms with Crippen molar-refractivity contribution in [2.75, 3.05) is 38.6 Å². The van der Waals surface area contributed by atoms with E-state index >= 15 is 0 Å². The molecule has 2 aliphatic heterocycles. The molecule has 0 spiro atoms. The Morgan fingerprint density at radius 1 is 1.26 bits per heavy atom. The minimum absolute atomic E-state index is 0.0417. The molecule has 0 saturated carbocycles. The summed E-state index contributed by atoms with van der Waals surface area (Å²) >= 11 is 0. The van der Waals surface area contributed by atoms with Crippen LogP contribution < -0.4 is 5.32 Å². The smallest absolute Gasteiger partial charge is 0.230 e. The lowest BCUT2D eigenvalue weighted by Gasteiger charge is -2.39. The number of piperidine rings is 1. The molecule has 0 aliphatic carbocycles. The number of aromatic nitrogens is 2. The summed E-state index contributed by atoms with van der Waals surface area (Å²) in [5.41, 5.74) is 2.43. The molecule has 3 heterocycles. The van der Waals surface area contributed by atoms with Crippen LogP contribution in [0, 0.1) is 5.41 Å². The first-order chi connectivity index (χ1) is 16.6. The lowest BCUT2D eigenvalue weighted by molar-refractivity contribution is -0.132. The Hall–Kier alpha value is -3.27. The highest BCUT2D eigenvalue weighted by atomic mass is 16.5. The summed E-state index contributed by atoms with van der Waals surface area (Å²) < 4.78 is 10.4. The van der Waals surface area contributed by atoms with Gasteiger partial charge in [-0.1, -0.05) is 17.3 Å². The number of likely N-dealkylation sites (tertiary alicyclic amines) is 2. The SMILES string of the molecule is CC(=O)N1CC(Nc2cc(-c3noc(C4CCN(C=O)CC4)n3)ccc2C=N)C1.COC(C)(C)C. The molecule has 1 aromatic carbocycles. The van der Waals surface area contributed by atoms with Gasteiger partial charge in [-0.05, 0) is 39.7 Å². The van der Waals surface area contributed by atoms with Gasteiger partial charge < -0.3 is 29.8 Å². The molecule has 0 bridgehead atoms. The maximum absolute atomic E-state index is 11.4. The van der Waals surface area contributed by atoms with Gasteiger partial charge in [-0.3, -0.25) is 9.59 Å². The van der Waals surface area contributed by atoms with E-state index in [0.29, 0.717) is 37.9 Å². The first kappa shape index (κ1) is 26.3. The Balaban J connectivity index is 0.000000509. The van der Waals surface area contributed by atoms with E-state index in [9.17, 15) is 9.59 Å². The van der Waals surface area contributed by atoms with Crippen LogP contribution in [-0.2, 0) is 14.3 Å². The maximum Gasteiger partial charge on any atom is 0.230 e. The van der Waals surface area contributed by atoms with E-state index in [1.54, 1.807) is 23.8 Å². The van der Waals surface area contributed by atoms with Crippen LogP contribution in [0.15, 0.2) is 22.7 Å². The summed E-state index contributed by atoms with van der Waals surface area (Å²) in [5.74, 6) is 1.35.